The van der Waals surface area contributed by atoms with E-state index in [4.69, 9.17) is 0 Å². The fraction of sp³-hybridized carbons (Fsp3) is 0.333. The van der Waals surface area contributed by atoms with Gasteiger partial charge in [0, 0.05) is 38.1 Å². The Labute approximate surface area is 170 Å². The van der Waals surface area contributed by atoms with Crippen molar-refractivity contribution in [1.82, 2.24) is 24.6 Å². The first-order chi connectivity index (χ1) is 13.5. The Hall–Kier alpha value is -2.67. The van der Waals surface area contributed by atoms with E-state index in [0.29, 0.717) is 12.3 Å². The number of aromatic nitrogens is 4. The summed E-state index contributed by atoms with van der Waals surface area (Å²) in [6.07, 6.45) is 3.48. The number of benzene rings is 1. The molecule has 7 heteroatoms. The summed E-state index contributed by atoms with van der Waals surface area (Å²) in [4.78, 5) is 18.4. The zero-order valence-electron chi connectivity index (χ0n) is 16.7. The van der Waals surface area contributed by atoms with E-state index in [0.717, 1.165) is 23.1 Å². The first kappa shape index (κ1) is 20.1. The van der Waals surface area contributed by atoms with Gasteiger partial charge in [0.15, 0.2) is 11.0 Å². The fourth-order valence-electron chi connectivity index (χ4n) is 3.00. The maximum Gasteiger partial charge on any atom is 0.233 e. The molecule has 146 valence electrons. The molecule has 0 aliphatic carbocycles. The van der Waals surface area contributed by atoms with Crippen LogP contribution in [0.5, 0.6) is 0 Å². The van der Waals surface area contributed by atoms with Gasteiger partial charge in [0.25, 0.3) is 0 Å². The van der Waals surface area contributed by atoms with Gasteiger partial charge in [-0.3, -0.25) is 9.78 Å². The summed E-state index contributed by atoms with van der Waals surface area (Å²) in [5.74, 6) is 1.19. The molecule has 6 nitrogen and oxygen atoms in total. The molecule has 0 fully saturated rings. The summed E-state index contributed by atoms with van der Waals surface area (Å²) < 4.78 is 2.03. The first-order valence-corrected chi connectivity index (χ1v) is 10.2. The molecule has 3 aromatic rings. The van der Waals surface area contributed by atoms with Crippen LogP contribution in [0.1, 0.15) is 23.6 Å². The molecule has 0 radical (unpaired) electrons. The largest absolute Gasteiger partial charge is 0.341 e. The van der Waals surface area contributed by atoms with E-state index in [2.05, 4.69) is 47.2 Å². The zero-order chi connectivity index (χ0) is 20.1. The van der Waals surface area contributed by atoms with Crippen molar-refractivity contribution in [2.45, 2.75) is 39.0 Å². The Morgan fingerprint density at radius 1 is 1.14 bits per heavy atom. The van der Waals surface area contributed by atoms with Crippen molar-refractivity contribution in [3.05, 3.63) is 59.4 Å². The number of hydrogen-bond donors (Lipinski definition) is 0. The molecule has 0 atom stereocenters. The number of aryl methyl sites for hydroxylation is 2. The van der Waals surface area contributed by atoms with Crippen LogP contribution < -0.4 is 0 Å². The van der Waals surface area contributed by atoms with Gasteiger partial charge in [0.1, 0.15) is 0 Å². The number of nitrogens with zero attached hydrogens (tertiary/aromatic N) is 5. The van der Waals surface area contributed by atoms with Gasteiger partial charge in [0.2, 0.25) is 5.91 Å². The molecule has 0 saturated heterocycles. The Kier molecular flexibility index (Phi) is 6.46. The van der Waals surface area contributed by atoms with Crippen molar-refractivity contribution in [2.75, 3.05) is 12.8 Å². The van der Waals surface area contributed by atoms with Crippen molar-refractivity contribution < 1.29 is 4.79 Å². The van der Waals surface area contributed by atoms with Crippen LogP contribution in [0.4, 0.5) is 0 Å². The average Bonchev–Trinajstić information content (AvgIpc) is 3.11. The Morgan fingerprint density at radius 3 is 2.57 bits per heavy atom. The summed E-state index contributed by atoms with van der Waals surface area (Å²) in [5.41, 5.74) is 4.58. The first-order valence-electron chi connectivity index (χ1n) is 9.26. The van der Waals surface area contributed by atoms with Crippen molar-refractivity contribution in [2.24, 2.45) is 0 Å². The fourth-order valence-corrected chi connectivity index (χ4v) is 3.94. The molecule has 3 rings (SSSR count). The van der Waals surface area contributed by atoms with Gasteiger partial charge in [-0.15, -0.1) is 10.2 Å². The van der Waals surface area contributed by atoms with Gasteiger partial charge in [-0.05, 0) is 44.0 Å². The minimum Gasteiger partial charge on any atom is -0.341 e. The molecular weight excluding hydrogens is 370 g/mol. The van der Waals surface area contributed by atoms with E-state index >= 15 is 0 Å². The van der Waals surface area contributed by atoms with Gasteiger partial charge in [-0.1, -0.05) is 35.5 Å². The molecule has 1 aromatic carbocycles. The quantitative estimate of drug-likeness (QED) is 0.571. The monoisotopic (exact) mass is 395 g/mol. The number of pyridine rings is 1. The molecule has 0 spiro atoms. The normalized spacial score (nSPS) is 10.9. The molecule has 0 aliphatic rings. The Bertz CT molecular complexity index is 955. The third-order valence-electron chi connectivity index (χ3n) is 4.63. The molecule has 0 unspecified atom stereocenters. The topological polar surface area (TPSA) is 63.9 Å². The molecule has 0 N–H and O–H groups in total. The highest BCUT2D eigenvalue weighted by Gasteiger charge is 2.16. The van der Waals surface area contributed by atoms with E-state index in [1.165, 1.54) is 28.5 Å². The van der Waals surface area contributed by atoms with E-state index in [9.17, 15) is 4.79 Å². The smallest absolute Gasteiger partial charge is 0.233 e. The lowest BCUT2D eigenvalue weighted by molar-refractivity contribution is -0.127. The minimum absolute atomic E-state index is 0.0705. The van der Waals surface area contributed by atoms with Crippen LogP contribution in [0, 0.1) is 13.8 Å². The van der Waals surface area contributed by atoms with E-state index < -0.39 is 0 Å². The highest BCUT2D eigenvalue weighted by Crippen LogP contribution is 2.24. The summed E-state index contributed by atoms with van der Waals surface area (Å²) in [5, 5.41) is 9.35. The lowest BCUT2D eigenvalue weighted by Gasteiger charge is -2.18. The van der Waals surface area contributed by atoms with Gasteiger partial charge >= 0.3 is 0 Å². The highest BCUT2D eigenvalue weighted by molar-refractivity contribution is 7.99. The third kappa shape index (κ3) is 4.59. The summed E-state index contributed by atoms with van der Waals surface area (Å²) in [6.45, 7) is 7.55. The molecule has 0 aliphatic heterocycles. The molecule has 1 amide bonds. The molecule has 0 saturated carbocycles. The lowest BCUT2D eigenvalue weighted by Crippen LogP contribution is -2.28. The van der Waals surface area contributed by atoms with Crippen molar-refractivity contribution in [1.29, 1.82) is 0 Å². The minimum atomic E-state index is 0.0705. The average molecular weight is 396 g/mol. The van der Waals surface area contributed by atoms with E-state index in [-0.39, 0.29) is 5.91 Å². The lowest BCUT2D eigenvalue weighted by atomic mass is 10.1. The van der Waals surface area contributed by atoms with Crippen LogP contribution in [0.2, 0.25) is 0 Å². The second-order valence-corrected chi connectivity index (χ2v) is 7.70. The van der Waals surface area contributed by atoms with Crippen molar-refractivity contribution in [3.63, 3.8) is 0 Å². The number of amides is 1. The molecule has 0 bridgehead atoms. The highest BCUT2D eigenvalue weighted by atomic mass is 32.2. The summed E-state index contributed by atoms with van der Waals surface area (Å²) in [7, 11) is 1.84. The van der Waals surface area contributed by atoms with Gasteiger partial charge in [-0.25, -0.2) is 0 Å². The van der Waals surface area contributed by atoms with Crippen molar-refractivity contribution >= 4 is 17.7 Å². The zero-order valence-corrected chi connectivity index (χ0v) is 17.5. The van der Waals surface area contributed by atoms with Crippen LogP contribution in [-0.2, 0) is 17.9 Å². The van der Waals surface area contributed by atoms with Crippen LogP contribution in [0.25, 0.3) is 11.4 Å². The SMILES string of the molecule is CCn1c(SCC(=O)N(C)Cc2ccc(C)cc2C)nnc1-c1ccncc1. The number of rotatable bonds is 7. The van der Waals surface area contributed by atoms with Gasteiger partial charge < -0.3 is 9.47 Å². The second kappa shape index (κ2) is 9.01. The van der Waals surface area contributed by atoms with E-state index in [1.807, 2.05) is 30.7 Å². The molecular formula is C21H25N5OS. The number of carbonyl (C=O) groups is 1. The summed E-state index contributed by atoms with van der Waals surface area (Å²) in [6, 6.07) is 10.1. The predicted octanol–water partition coefficient (Wildman–Crippen LogP) is 3.73. The van der Waals surface area contributed by atoms with Crippen molar-refractivity contribution in [3.8, 4) is 11.4 Å². The van der Waals surface area contributed by atoms with Gasteiger partial charge in [-0.2, -0.15) is 0 Å². The predicted molar refractivity (Wildman–Crippen MR) is 112 cm³/mol. The number of carbonyl (C=O) groups excluding carboxylic acids is 1. The second-order valence-electron chi connectivity index (χ2n) is 6.75. The maximum atomic E-state index is 12.6. The molecule has 2 heterocycles. The molecule has 2 aromatic heterocycles. The third-order valence-corrected chi connectivity index (χ3v) is 5.58. The van der Waals surface area contributed by atoms with Crippen LogP contribution in [-0.4, -0.2) is 43.4 Å². The van der Waals surface area contributed by atoms with Crippen LogP contribution in [0.3, 0.4) is 0 Å². The Morgan fingerprint density at radius 2 is 1.89 bits per heavy atom. The number of thioether (sulfide) groups is 1. The van der Waals surface area contributed by atoms with Crippen LogP contribution in [0.15, 0.2) is 47.9 Å². The standard InChI is InChI=1S/C21H25N5OS/c1-5-26-20(17-8-10-22-11-9-17)23-24-21(26)28-14-19(27)25(4)13-18-7-6-15(2)12-16(18)3/h6-12H,5,13-14H2,1-4H3. The number of hydrogen-bond acceptors (Lipinski definition) is 5. The van der Waals surface area contributed by atoms with Gasteiger partial charge in [0.05, 0.1) is 5.75 Å². The van der Waals surface area contributed by atoms with E-state index in [1.54, 1.807) is 17.3 Å². The summed E-state index contributed by atoms with van der Waals surface area (Å²) >= 11 is 1.42. The van der Waals surface area contributed by atoms with Crippen LogP contribution >= 0.6 is 11.8 Å². The molecule has 28 heavy (non-hydrogen) atoms. The maximum absolute atomic E-state index is 12.6. The Balaban J connectivity index is 1.65.